The lowest BCUT2D eigenvalue weighted by Gasteiger charge is -2.18. The number of hydrogen-bond donors (Lipinski definition) is 1. The lowest BCUT2D eigenvalue weighted by atomic mass is 10.0. The van der Waals surface area contributed by atoms with E-state index >= 15 is 0 Å². The van der Waals surface area contributed by atoms with Crippen LogP contribution >= 0.6 is 0 Å². The van der Waals surface area contributed by atoms with Crippen molar-refractivity contribution in [3.63, 3.8) is 0 Å². The third kappa shape index (κ3) is 4.19. The summed E-state index contributed by atoms with van der Waals surface area (Å²) >= 11 is 0. The van der Waals surface area contributed by atoms with Gasteiger partial charge in [-0.3, -0.25) is 4.79 Å². The van der Waals surface area contributed by atoms with Crippen LogP contribution in [0.15, 0.2) is 48.5 Å². The molecule has 0 saturated carbocycles. The fraction of sp³-hybridized carbons (Fsp3) is 0.263. The third-order valence-corrected chi connectivity index (χ3v) is 3.76. The fourth-order valence-electron chi connectivity index (χ4n) is 2.34. The van der Waals surface area contributed by atoms with E-state index in [1.807, 2.05) is 38.1 Å². The van der Waals surface area contributed by atoms with Gasteiger partial charge in [0.05, 0.1) is 18.7 Å². The first kappa shape index (κ1) is 16.7. The Hall–Kier alpha value is -2.62. The molecule has 0 unspecified atom stereocenters. The Morgan fingerprint density at radius 3 is 2.09 bits per heavy atom. The summed E-state index contributed by atoms with van der Waals surface area (Å²) in [5.41, 5.74) is 3.21. The Morgan fingerprint density at radius 1 is 1.00 bits per heavy atom. The van der Waals surface area contributed by atoms with E-state index in [1.54, 1.807) is 24.3 Å². The topological polar surface area (TPSA) is 55.4 Å². The van der Waals surface area contributed by atoms with E-state index in [9.17, 15) is 9.59 Å². The van der Waals surface area contributed by atoms with Crippen LogP contribution in [0.3, 0.4) is 0 Å². The van der Waals surface area contributed by atoms with Crippen molar-refractivity contribution in [3.8, 4) is 0 Å². The molecule has 0 aliphatic rings. The zero-order valence-electron chi connectivity index (χ0n) is 13.6. The maximum atomic E-state index is 12.4. The molecule has 0 radical (unpaired) electrons. The molecule has 0 fully saturated rings. The molecule has 0 aliphatic carbocycles. The fourth-order valence-corrected chi connectivity index (χ4v) is 2.34. The first-order valence-corrected chi connectivity index (χ1v) is 7.61. The molecule has 0 bridgehead atoms. The molecule has 0 aromatic heterocycles. The molecule has 2 aromatic carbocycles. The van der Waals surface area contributed by atoms with E-state index in [2.05, 4.69) is 10.1 Å². The van der Waals surface area contributed by atoms with Crippen molar-refractivity contribution in [2.45, 2.75) is 26.3 Å². The zero-order valence-corrected chi connectivity index (χ0v) is 13.6. The summed E-state index contributed by atoms with van der Waals surface area (Å²) in [5, 5.41) is 3.03. The van der Waals surface area contributed by atoms with Gasteiger partial charge in [0.25, 0.3) is 5.91 Å². The zero-order chi connectivity index (χ0) is 16.8. The highest BCUT2D eigenvalue weighted by molar-refractivity contribution is 5.96. The standard InChI is InChI=1S/C19H21NO3/c1-4-17(14-7-5-13(2)6-8-14)20-18(21)15-9-11-16(12-10-15)19(22)23-3/h5-12,17H,4H2,1-3H3,(H,20,21)/t17-/m1/s1. The number of amides is 1. The molecular weight excluding hydrogens is 290 g/mol. The summed E-state index contributed by atoms with van der Waals surface area (Å²) < 4.78 is 4.65. The summed E-state index contributed by atoms with van der Waals surface area (Å²) in [6.07, 6.45) is 0.801. The lowest BCUT2D eigenvalue weighted by molar-refractivity contribution is 0.0600. The van der Waals surface area contributed by atoms with Crippen molar-refractivity contribution in [3.05, 3.63) is 70.8 Å². The van der Waals surface area contributed by atoms with Gasteiger partial charge in [0.15, 0.2) is 0 Å². The molecule has 0 heterocycles. The molecule has 23 heavy (non-hydrogen) atoms. The SMILES string of the molecule is CC[C@@H](NC(=O)c1ccc(C(=O)OC)cc1)c1ccc(C)cc1. The maximum absolute atomic E-state index is 12.4. The van der Waals surface area contributed by atoms with Crippen molar-refractivity contribution in [1.82, 2.24) is 5.32 Å². The average molecular weight is 311 g/mol. The van der Waals surface area contributed by atoms with Crippen LogP contribution in [-0.2, 0) is 4.74 Å². The average Bonchev–Trinajstić information content (AvgIpc) is 2.59. The quantitative estimate of drug-likeness (QED) is 0.857. The molecule has 4 nitrogen and oxygen atoms in total. The molecule has 0 spiro atoms. The van der Waals surface area contributed by atoms with Gasteiger partial charge in [-0.25, -0.2) is 4.79 Å². The van der Waals surface area contributed by atoms with E-state index in [0.29, 0.717) is 11.1 Å². The van der Waals surface area contributed by atoms with Gasteiger partial charge in [-0.05, 0) is 43.2 Å². The number of aryl methyl sites for hydroxylation is 1. The predicted octanol–water partition coefficient (Wildman–Crippen LogP) is 3.66. The highest BCUT2D eigenvalue weighted by Crippen LogP contribution is 2.18. The van der Waals surface area contributed by atoms with Crippen LogP contribution in [0.5, 0.6) is 0 Å². The molecule has 1 N–H and O–H groups in total. The molecular formula is C19H21NO3. The van der Waals surface area contributed by atoms with Crippen molar-refractivity contribution in [2.24, 2.45) is 0 Å². The number of ether oxygens (including phenoxy) is 1. The minimum Gasteiger partial charge on any atom is -0.465 e. The summed E-state index contributed by atoms with van der Waals surface area (Å²) in [7, 11) is 1.33. The molecule has 120 valence electrons. The van der Waals surface area contributed by atoms with Gasteiger partial charge in [-0.2, -0.15) is 0 Å². The highest BCUT2D eigenvalue weighted by Gasteiger charge is 2.14. The molecule has 0 aliphatic heterocycles. The van der Waals surface area contributed by atoms with Gasteiger partial charge in [-0.1, -0.05) is 36.8 Å². The van der Waals surface area contributed by atoms with Gasteiger partial charge in [-0.15, -0.1) is 0 Å². The summed E-state index contributed by atoms with van der Waals surface area (Å²) in [6, 6.07) is 14.5. The smallest absolute Gasteiger partial charge is 0.337 e. The molecule has 4 heteroatoms. The minimum atomic E-state index is -0.414. The Bertz CT molecular complexity index is 675. The molecule has 0 saturated heterocycles. The maximum Gasteiger partial charge on any atom is 0.337 e. The Morgan fingerprint density at radius 2 is 1.57 bits per heavy atom. The summed E-state index contributed by atoms with van der Waals surface area (Å²) in [6.45, 7) is 4.07. The first-order valence-electron chi connectivity index (χ1n) is 7.61. The number of nitrogens with one attached hydrogen (secondary N) is 1. The van der Waals surface area contributed by atoms with E-state index in [4.69, 9.17) is 0 Å². The van der Waals surface area contributed by atoms with Crippen molar-refractivity contribution < 1.29 is 14.3 Å². The highest BCUT2D eigenvalue weighted by atomic mass is 16.5. The van der Waals surface area contributed by atoms with Gasteiger partial charge in [0, 0.05) is 5.56 Å². The van der Waals surface area contributed by atoms with Crippen LogP contribution in [0.25, 0.3) is 0 Å². The summed E-state index contributed by atoms with van der Waals surface area (Å²) in [5.74, 6) is -0.572. The van der Waals surface area contributed by atoms with Crippen LogP contribution in [-0.4, -0.2) is 19.0 Å². The normalized spacial score (nSPS) is 11.6. The minimum absolute atomic E-state index is 0.0385. The number of carbonyl (C=O) groups excluding carboxylic acids is 2. The Labute approximate surface area is 136 Å². The van der Waals surface area contributed by atoms with Crippen LogP contribution in [0.4, 0.5) is 0 Å². The first-order chi connectivity index (χ1) is 11.0. The van der Waals surface area contributed by atoms with Crippen LogP contribution in [0, 0.1) is 6.92 Å². The number of rotatable bonds is 5. The van der Waals surface area contributed by atoms with Gasteiger partial charge in [0.1, 0.15) is 0 Å². The second-order valence-corrected chi connectivity index (χ2v) is 5.41. The van der Waals surface area contributed by atoms with Crippen molar-refractivity contribution in [2.75, 3.05) is 7.11 Å². The second kappa shape index (κ2) is 7.58. The van der Waals surface area contributed by atoms with Crippen LogP contribution in [0.1, 0.15) is 51.2 Å². The Kier molecular flexibility index (Phi) is 5.52. The number of hydrogen-bond acceptors (Lipinski definition) is 3. The van der Waals surface area contributed by atoms with E-state index in [0.717, 1.165) is 12.0 Å². The lowest BCUT2D eigenvalue weighted by Crippen LogP contribution is -2.28. The van der Waals surface area contributed by atoms with Gasteiger partial charge in [0.2, 0.25) is 0 Å². The number of methoxy groups -OCH3 is 1. The van der Waals surface area contributed by atoms with E-state index in [1.165, 1.54) is 12.7 Å². The van der Waals surface area contributed by atoms with Crippen LogP contribution in [0.2, 0.25) is 0 Å². The second-order valence-electron chi connectivity index (χ2n) is 5.41. The van der Waals surface area contributed by atoms with E-state index in [-0.39, 0.29) is 11.9 Å². The number of benzene rings is 2. The third-order valence-electron chi connectivity index (χ3n) is 3.76. The van der Waals surface area contributed by atoms with Crippen LogP contribution < -0.4 is 5.32 Å². The Balaban J connectivity index is 2.10. The molecule has 1 amide bonds. The van der Waals surface area contributed by atoms with Crippen molar-refractivity contribution >= 4 is 11.9 Å². The van der Waals surface area contributed by atoms with E-state index < -0.39 is 5.97 Å². The molecule has 1 atom stereocenters. The molecule has 2 rings (SSSR count). The van der Waals surface area contributed by atoms with Gasteiger partial charge >= 0.3 is 5.97 Å². The number of carbonyl (C=O) groups is 2. The molecule has 2 aromatic rings. The number of esters is 1. The van der Waals surface area contributed by atoms with Crippen molar-refractivity contribution in [1.29, 1.82) is 0 Å². The summed E-state index contributed by atoms with van der Waals surface area (Å²) in [4.78, 5) is 23.8. The largest absolute Gasteiger partial charge is 0.465 e. The monoisotopic (exact) mass is 311 g/mol. The van der Waals surface area contributed by atoms with Gasteiger partial charge < -0.3 is 10.1 Å². The predicted molar refractivity (Wildman–Crippen MR) is 89.5 cm³/mol.